The van der Waals surface area contributed by atoms with Crippen molar-refractivity contribution < 1.29 is 25.2 Å². The molecule has 3 aliphatic rings. The first kappa shape index (κ1) is 13.2. The number of hydrogen-bond donors (Lipinski definition) is 6. The Morgan fingerprint density at radius 1 is 1.29 bits per heavy atom. The highest BCUT2D eigenvalue weighted by Gasteiger charge is 2.73. The van der Waals surface area contributed by atoms with Gasteiger partial charge in [-0.05, 0) is 6.42 Å². The third-order valence-electron chi connectivity index (χ3n) is 3.64. The minimum atomic E-state index is -1.23. The number of aliphatic hydroxyl groups excluding tert-OH is 4. The van der Waals surface area contributed by atoms with Gasteiger partial charge in [0.1, 0.15) is 12.2 Å². The van der Waals surface area contributed by atoms with E-state index >= 15 is 0 Å². The van der Waals surface area contributed by atoms with Crippen LogP contribution >= 0.6 is 0 Å². The van der Waals surface area contributed by atoms with Crippen molar-refractivity contribution in [2.24, 2.45) is 0 Å². The van der Waals surface area contributed by atoms with Crippen LogP contribution in [0.3, 0.4) is 0 Å². The van der Waals surface area contributed by atoms with Gasteiger partial charge in [0.25, 0.3) is 0 Å². The van der Waals surface area contributed by atoms with Gasteiger partial charge in [0.15, 0.2) is 11.4 Å². The van der Waals surface area contributed by atoms with Gasteiger partial charge in [-0.1, -0.05) is 6.92 Å². The maximum Gasteiger partial charge on any atom is 0.176 e. The highest BCUT2D eigenvalue weighted by molar-refractivity contribution is 5.19. The second kappa shape index (κ2) is 4.43. The van der Waals surface area contributed by atoms with Crippen molar-refractivity contribution in [2.45, 2.75) is 43.0 Å². The van der Waals surface area contributed by atoms with E-state index in [1.54, 1.807) is 0 Å². The van der Waals surface area contributed by atoms with E-state index < -0.39 is 30.3 Å². The molecule has 3 rings (SSSR count). The van der Waals surface area contributed by atoms with Crippen molar-refractivity contribution in [3.8, 4) is 0 Å². The summed E-state index contributed by atoms with van der Waals surface area (Å²) in [6.45, 7) is 1.78. The molecule has 0 aromatic carbocycles. The van der Waals surface area contributed by atoms with Crippen molar-refractivity contribution in [3.05, 3.63) is 0 Å². The third kappa shape index (κ3) is 1.78. The van der Waals surface area contributed by atoms with Gasteiger partial charge in [0.2, 0.25) is 0 Å². The molecule has 7 heteroatoms. The summed E-state index contributed by atoms with van der Waals surface area (Å²) < 4.78 is 5.43. The average molecular weight is 248 g/mol. The van der Waals surface area contributed by atoms with Gasteiger partial charge in [-0.3, -0.25) is 5.32 Å². The van der Waals surface area contributed by atoms with Crippen molar-refractivity contribution in [1.82, 2.24) is 10.6 Å². The van der Waals surface area contributed by atoms with Crippen molar-refractivity contribution >= 4 is 0 Å². The zero-order valence-electron chi connectivity index (χ0n) is 9.76. The van der Waals surface area contributed by atoms with Gasteiger partial charge in [-0.25, -0.2) is 0 Å². The lowest BCUT2D eigenvalue weighted by Gasteiger charge is -2.48. The summed E-state index contributed by atoms with van der Waals surface area (Å²) in [6, 6.07) is -0.0798. The lowest BCUT2D eigenvalue weighted by atomic mass is 10.1. The monoisotopic (exact) mass is 248 g/mol. The van der Waals surface area contributed by atoms with E-state index in [9.17, 15) is 10.2 Å². The van der Waals surface area contributed by atoms with Crippen LogP contribution in [-0.2, 0) is 4.74 Å². The Hall–Kier alpha value is -0.280. The molecule has 7 nitrogen and oxygen atoms in total. The van der Waals surface area contributed by atoms with Crippen LogP contribution in [-0.4, -0.2) is 69.9 Å². The molecule has 6 N–H and O–H groups in total. The topological polar surface area (TPSA) is 114 Å². The van der Waals surface area contributed by atoms with Gasteiger partial charge in [0, 0.05) is 12.6 Å². The summed E-state index contributed by atoms with van der Waals surface area (Å²) in [5.41, 5.74) is -2.30. The fourth-order valence-electron chi connectivity index (χ4n) is 2.45. The molecular formula is C10H20N2O5. The smallest absolute Gasteiger partial charge is 0.176 e. The van der Waals surface area contributed by atoms with E-state index in [1.165, 1.54) is 0 Å². The fraction of sp³-hybridized carbons (Fsp3) is 1.00. The molecule has 3 saturated heterocycles. The summed E-state index contributed by atoms with van der Waals surface area (Å²) in [7, 11) is 0. The standard InChI is InChI=1S/C10H20N2O5/c1-2-6(3-13)11-4-9-7(15)8(16)10(5-14,12-9)17-9/h6-8,11-16H,2-5H2,1H3/t6?,7-,8-,9+,10-/m0/s1. The molecule has 0 aromatic heterocycles. The Balaban J connectivity index is 1.95. The zero-order chi connectivity index (χ0) is 12.7. The maximum atomic E-state index is 9.86. The van der Waals surface area contributed by atoms with Crippen LogP contribution in [0, 0.1) is 0 Å². The summed E-state index contributed by atoms with van der Waals surface area (Å²) in [6.07, 6.45) is -1.50. The lowest BCUT2D eigenvalue weighted by Crippen LogP contribution is -2.75. The number of nitrogens with one attached hydrogen (secondary N) is 2. The molecule has 1 unspecified atom stereocenters. The van der Waals surface area contributed by atoms with Crippen LogP contribution in [0.1, 0.15) is 13.3 Å². The Morgan fingerprint density at radius 2 is 1.88 bits per heavy atom. The van der Waals surface area contributed by atoms with Gasteiger partial charge >= 0.3 is 0 Å². The second-order valence-electron chi connectivity index (χ2n) is 4.72. The molecule has 3 fully saturated rings. The summed E-state index contributed by atoms with van der Waals surface area (Å²) in [5, 5.41) is 43.7. The first-order chi connectivity index (χ1) is 8.03. The molecular weight excluding hydrogens is 228 g/mol. The summed E-state index contributed by atoms with van der Waals surface area (Å²) in [5.74, 6) is 0. The van der Waals surface area contributed by atoms with E-state index in [2.05, 4.69) is 10.6 Å². The Labute approximate surface area is 99.4 Å². The molecule has 100 valence electrons. The lowest BCUT2D eigenvalue weighted by molar-refractivity contribution is -0.287. The van der Waals surface area contributed by atoms with Crippen LogP contribution in [0.4, 0.5) is 0 Å². The van der Waals surface area contributed by atoms with Crippen molar-refractivity contribution in [2.75, 3.05) is 19.8 Å². The number of ether oxygens (including phenoxy) is 1. The van der Waals surface area contributed by atoms with E-state index in [-0.39, 0.29) is 19.2 Å². The molecule has 3 aliphatic heterocycles. The van der Waals surface area contributed by atoms with Crippen LogP contribution < -0.4 is 10.6 Å². The van der Waals surface area contributed by atoms with Crippen molar-refractivity contribution in [3.63, 3.8) is 0 Å². The molecule has 0 radical (unpaired) electrons. The molecule has 0 aliphatic carbocycles. The maximum absolute atomic E-state index is 9.86. The summed E-state index contributed by atoms with van der Waals surface area (Å²) >= 11 is 0. The van der Waals surface area contributed by atoms with Crippen LogP contribution in [0.15, 0.2) is 0 Å². The SMILES string of the molecule is CCC(CO)NC[C@@]12N[C@@](CO)(O1)[C@@H](O)[C@@H]2O. The molecule has 0 amide bonds. The number of fused-ring (bicyclic) bond motifs is 1. The Morgan fingerprint density at radius 3 is 2.29 bits per heavy atom. The largest absolute Gasteiger partial charge is 0.395 e. The first-order valence-electron chi connectivity index (χ1n) is 5.84. The second-order valence-corrected chi connectivity index (χ2v) is 4.72. The minimum absolute atomic E-state index is 0.00360. The molecule has 5 atom stereocenters. The van der Waals surface area contributed by atoms with Gasteiger partial charge < -0.3 is 30.5 Å². The van der Waals surface area contributed by atoms with Gasteiger partial charge in [-0.15, -0.1) is 0 Å². The molecule has 0 aromatic rings. The number of hydrogen-bond acceptors (Lipinski definition) is 7. The molecule has 17 heavy (non-hydrogen) atoms. The highest BCUT2D eigenvalue weighted by Crippen LogP contribution is 2.45. The summed E-state index contributed by atoms with van der Waals surface area (Å²) in [4.78, 5) is 0. The quantitative estimate of drug-likeness (QED) is 0.298. The first-order valence-corrected chi connectivity index (χ1v) is 5.84. The van der Waals surface area contributed by atoms with Crippen molar-refractivity contribution in [1.29, 1.82) is 0 Å². The van der Waals surface area contributed by atoms with Gasteiger partial charge in [-0.2, -0.15) is 0 Å². The van der Waals surface area contributed by atoms with Gasteiger partial charge in [0.05, 0.1) is 13.2 Å². The zero-order valence-corrected chi connectivity index (χ0v) is 9.76. The number of rotatable bonds is 6. The average Bonchev–Trinajstić information content (AvgIpc) is 2.63. The fourth-order valence-corrected chi connectivity index (χ4v) is 2.45. The molecule has 3 heterocycles. The predicted molar refractivity (Wildman–Crippen MR) is 57.9 cm³/mol. The van der Waals surface area contributed by atoms with E-state index in [0.717, 1.165) is 6.42 Å². The van der Waals surface area contributed by atoms with E-state index in [4.69, 9.17) is 14.9 Å². The van der Waals surface area contributed by atoms with Crippen LogP contribution in [0.5, 0.6) is 0 Å². The van der Waals surface area contributed by atoms with E-state index in [0.29, 0.717) is 0 Å². The third-order valence-corrected chi connectivity index (χ3v) is 3.64. The molecule has 0 saturated carbocycles. The molecule has 2 bridgehead atoms. The highest BCUT2D eigenvalue weighted by atomic mass is 16.6. The van der Waals surface area contributed by atoms with E-state index in [1.807, 2.05) is 6.92 Å². The molecule has 0 spiro atoms. The number of aliphatic hydroxyl groups is 4. The Kier molecular flexibility index (Phi) is 3.43. The van der Waals surface area contributed by atoms with Crippen LogP contribution in [0.25, 0.3) is 0 Å². The minimum Gasteiger partial charge on any atom is -0.395 e. The Bertz CT molecular complexity index is 278. The van der Waals surface area contributed by atoms with Crippen LogP contribution in [0.2, 0.25) is 0 Å². The predicted octanol–water partition coefficient (Wildman–Crippen LogP) is -2.91. The normalized spacial score (nSPS) is 45.7.